The summed E-state index contributed by atoms with van der Waals surface area (Å²) in [5.41, 5.74) is 3.54. The van der Waals surface area contributed by atoms with E-state index in [0.717, 1.165) is 12.3 Å². The molecule has 0 bridgehead atoms. The van der Waals surface area contributed by atoms with Crippen LogP contribution in [0.1, 0.15) is 25.3 Å². The fourth-order valence-corrected chi connectivity index (χ4v) is 3.57. The van der Waals surface area contributed by atoms with Crippen molar-refractivity contribution >= 4 is 17.6 Å². The highest BCUT2D eigenvalue weighted by atomic mass is 19.4. The first-order valence-electron chi connectivity index (χ1n) is 9.60. The van der Waals surface area contributed by atoms with E-state index >= 15 is 0 Å². The Morgan fingerprint density at radius 2 is 1.80 bits per heavy atom. The summed E-state index contributed by atoms with van der Waals surface area (Å²) in [5, 5.41) is 10.2. The molecule has 0 saturated carbocycles. The minimum atomic E-state index is -4.65. The predicted molar refractivity (Wildman–Crippen MR) is 104 cm³/mol. The van der Waals surface area contributed by atoms with Gasteiger partial charge < -0.3 is 20.6 Å². The normalized spacial score (nSPS) is 19.7. The average Bonchev–Trinajstić information content (AvgIpc) is 2.64. The van der Waals surface area contributed by atoms with Crippen LogP contribution in [-0.4, -0.2) is 58.0 Å². The summed E-state index contributed by atoms with van der Waals surface area (Å²) >= 11 is 0. The van der Waals surface area contributed by atoms with Crippen molar-refractivity contribution in [2.24, 2.45) is 0 Å². The van der Waals surface area contributed by atoms with Crippen LogP contribution in [0.25, 0.3) is 11.3 Å². The van der Waals surface area contributed by atoms with Crippen molar-refractivity contribution in [3.63, 3.8) is 0 Å². The Kier molecular flexibility index (Phi) is 4.95. The molecule has 0 amide bonds. The lowest BCUT2D eigenvalue weighted by Gasteiger charge is -2.38. The molecule has 2 fully saturated rings. The molecule has 7 nitrogen and oxygen atoms in total. The van der Waals surface area contributed by atoms with Gasteiger partial charge in [-0.3, -0.25) is 0 Å². The van der Waals surface area contributed by atoms with Crippen LogP contribution in [-0.2, 0) is 6.18 Å². The molecule has 30 heavy (non-hydrogen) atoms. The van der Waals surface area contributed by atoms with E-state index < -0.39 is 23.5 Å². The lowest BCUT2D eigenvalue weighted by molar-refractivity contribution is -0.137. The molecule has 162 valence electrons. The summed E-state index contributed by atoms with van der Waals surface area (Å²) in [4.78, 5) is 16.1. The number of halogens is 4. The van der Waals surface area contributed by atoms with Gasteiger partial charge in [-0.2, -0.15) is 18.2 Å². The molecule has 0 radical (unpaired) electrons. The van der Waals surface area contributed by atoms with Crippen LogP contribution >= 0.6 is 0 Å². The van der Waals surface area contributed by atoms with E-state index in [2.05, 4.69) is 15.0 Å². The number of alkyl halides is 4. The zero-order valence-electron chi connectivity index (χ0n) is 16.3. The van der Waals surface area contributed by atoms with E-state index in [1.54, 1.807) is 11.8 Å². The molecule has 2 saturated heterocycles. The lowest BCUT2D eigenvalue weighted by Crippen LogP contribution is -2.49. The Morgan fingerprint density at radius 1 is 1.13 bits per heavy atom. The van der Waals surface area contributed by atoms with Crippen LogP contribution in [0.3, 0.4) is 0 Å². The SMILES string of the molecule is CC1(O)CCN(c2nc(-c3cnc(N)cc3C(F)(F)F)cc(N3CC(F)C3)n2)CC1. The molecule has 2 aliphatic rings. The number of anilines is 3. The number of aromatic nitrogens is 3. The van der Waals surface area contributed by atoms with Gasteiger partial charge in [0.15, 0.2) is 0 Å². The third-order valence-corrected chi connectivity index (χ3v) is 5.49. The van der Waals surface area contributed by atoms with Crippen molar-refractivity contribution in [2.75, 3.05) is 41.7 Å². The second-order valence-electron chi connectivity index (χ2n) is 8.05. The number of hydrogen-bond donors (Lipinski definition) is 2. The van der Waals surface area contributed by atoms with E-state index in [1.807, 2.05) is 4.90 Å². The molecule has 2 aliphatic heterocycles. The van der Waals surface area contributed by atoms with Gasteiger partial charge in [-0.25, -0.2) is 14.4 Å². The highest BCUT2D eigenvalue weighted by molar-refractivity contribution is 5.69. The highest BCUT2D eigenvalue weighted by Crippen LogP contribution is 2.38. The Hall–Kier alpha value is -2.69. The summed E-state index contributed by atoms with van der Waals surface area (Å²) < 4.78 is 54.2. The van der Waals surface area contributed by atoms with E-state index in [0.29, 0.717) is 31.7 Å². The summed E-state index contributed by atoms with van der Waals surface area (Å²) in [5.74, 6) is 0.346. The van der Waals surface area contributed by atoms with Crippen LogP contribution in [0.15, 0.2) is 18.3 Å². The number of nitrogen functional groups attached to an aromatic ring is 1. The largest absolute Gasteiger partial charge is 0.417 e. The number of aliphatic hydroxyl groups is 1. The second-order valence-corrected chi connectivity index (χ2v) is 8.05. The summed E-state index contributed by atoms with van der Waals surface area (Å²) in [6.45, 7) is 2.89. The number of hydrogen-bond acceptors (Lipinski definition) is 7. The lowest BCUT2D eigenvalue weighted by atomic mass is 9.94. The molecule has 0 unspecified atom stereocenters. The average molecular weight is 426 g/mol. The van der Waals surface area contributed by atoms with Crippen molar-refractivity contribution in [2.45, 2.75) is 37.7 Å². The van der Waals surface area contributed by atoms with Crippen molar-refractivity contribution in [1.29, 1.82) is 0 Å². The monoisotopic (exact) mass is 426 g/mol. The van der Waals surface area contributed by atoms with Gasteiger partial charge in [0, 0.05) is 30.9 Å². The van der Waals surface area contributed by atoms with E-state index in [9.17, 15) is 22.7 Å². The van der Waals surface area contributed by atoms with Crippen LogP contribution in [0.4, 0.5) is 35.1 Å². The third-order valence-electron chi connectivity index (χ3n) is 5.49. The van der Waals surface area contributed by atoms with Crippen LogP contribution in [0, 0.1) is 0 Å². The zero-order chi connectivity index (χ0) is 21.7. The summed E-state index contributed by atoms with van der Waals surface area (Å²) in [6.07, 6.45) is -3.65. The highest BCUT2D eigenvalue weighted by Gasteiger charge is 2.36. The molecule has 2 aromatic heterocycles. The van der Waals surface area contributed by atoms with Gasteiger partial charge >= 0.3 is 6.18 Å². The van der Waals surface area contributed by atoms with Gasteiger partial charge in [-0.05, 0) is 25.8 Å². The summed E-state index contributed by atoms with van der Waals surface area (Å²) in [6, 6.07) is 2.19. The van der Waals surface area contributed by atoms with E-state index in [4.69, 9.17) is 5.73 Å². The number of piperidine rings is 1. The second kappa shape index (κ2) is 7.22. The maximum Gasteiger partial charge on any atom is 0.417 e. The van der Waals surface area contributed by atoms with Crippen LogP contribution < -0.4 is 15.5 Å². The smallest absolute Gasteiger partial charge is 0.390 e. The molecule has 4 rings (SSSR count). The van der Waals surface area contributed by atoms with Crippen molar-refractivity contribution in [3.8, 4) is 11.3 Å². The van der Waals surface area contributed by atoms with E-state index in [-0.39, 0.29) is 36.1 Å². The van der Waals surface area contributed by atoms with E-state index in [1.165, 1.54) is 6.07 Å². The molecule has 2 aromatic rings. The molecule has 4 heterocycles. The number of pyridine rings is 1. The first kappa shape index (κ1) is 20.6. The molecule has 0 atom stereocenters. The first-order valence-corrected chi connectivity index (χ1v) is 9.60. The third kappa shape index (κ3) is 4.11. The van der Waals surface area contributed by atoms with Gasteiger partial charge in [0.1, 0.15) is 17.8 Å². The van der Waals surface area contributed by atoms with Gasteiger partial charge in [0.2, 0.25) is 5.95 Å². The Morgan fingerprint density at radius 3 is 2.40 bits per heavy atom. The molecular weight excluding hydrogens is 404 g/mol. The number of rotatable bonds is 3. The molecule has 0 aliphatic carbocycles. The molecule has 0 aromatic carbocycles. The van der Waals surface area contributed by atoms with Gasteiger partial charge in [0.05, 0.1) is 29.9 Å². The molecule has 0 spiro atoms. The Labute approximate surface area is 170 Å². The zero-order valence-corrected chi connectivity index (χ0v) is 16.3. The molecular formula is C19H22F4N6O. The summed E-state index contributed by atoms with van der Waals surface area (Å²) in [7, 11) is 0. The van der Waals surface area contributed by atoms with Gasteiger partial charge in [0.25, 0.3) is 0 Å². The fraction of sp³-hybridized carbons (Fsp3) is 0.526. The quantitative estimate of drug-likeness (QED) is 0.729. The minimum Gasteiger partial charge on any atom is -0.390 e. The number of nitrogens with two attached hydrogens (primary N) is 1. The Bertz CT molecular complexity index is 935. The van der Waals surface area contributed by atoms with Gasteiger partial charge in [-0.15, -0.1) is 0 Å². The Balaban J connectivity index is 1.78. The minimum absolute atomic E-state index is 0.0365. The molecule has 3 N–H and O–H groups in total. The van der Waals surface area contributed by atoms with Crippen molar-refractivity contribution in [1.82, 2.24) is 15.0 Å². The van der Waals surface area contributed by atoms with Crippen molar-refractivity contribution in [3.05, 3.63) is 23.9 Å². The topological polar surface area (TPSA) is 91.4 Å². The van der Waals surface area contributed by atoms with Crippen LogP contribution in [0.2, 0.25) is 0 Å². The first-order chi connectivity index (χ1) is 14.0. The maximum atomic E-state index is 13.6. The molecule has 11 heteroatoms. The maximum absolute atomic E-state index is 13.6. The fourth-order valence-electron chi connectivity index (χ4n) is 3.57. The van der Waals surface area contributed by atoms with Crippen molar-refractivity contribution < 1.29 is 22.7 Å². The van der Waals surface area contributed by atoms with Crippen LogP contribution in [0.5, 0.6) is 0 Å². The predicted octanol–water partition coefficient (Wildman–Crippen LogP) is 2.65. The number of nitrogens with zero attached hydrogens (tertiary/aromatic N) is 5. The van der Waals surface area contributed by atoms with Gasteiger partial charge in [-0.1, -0.05) is 0 Å². The standard InChI is InChI=1S/C19H22F4N6O/c1-18(30)2-4-28(5-3-18)17-26-14(7-16(27-17)29-9-11(20)10-29)12-8-25-15(24)6-13(12)19(21,22)23/h6-8,11,30H,2-5,9-10H2,1H3,(H2,24,25).